The van der Waals surface area contributed by atoms with E-state index in [0.717, 1.165) is 18.6 Å². The minimum Gasteiger partial charge on any atom is -0.314 e. The summed E-state index contributed by atoms with van der Waals surface area (Å²) in [6.45, 7) is 11.6. The van der Waals surface area contributed by atoms with E-state index >= 15 is 0 Å². The van der Waals surface area contributed by atoms with Gasteiger partial charge in [-0.25, -0.2) is 0 Å². The third kappa shape index (κ3) is 3.76. The largest absolute Gasteiger partial charge is 0.314 e. The highest BCUT2D eigenvalue weighted by Crippen LogP contribution is 2.24. The molecule has 0 radical (unpaired) electrons. The molecule has 0 amide bonds. The van der Waals surface area contributed by atoms with Crippen molar-refractivity contribution in [1.82, 2.24) is 10.2 Å². The van der Waals surface area contributed by atoms with Crippen molar-refractivity contribution in [3.8, 4) is 0 Å². The SMILES string of the molecule is CCNC(C)CC(C)N1CCCC1CC. The summed E-state index contributed by atoms with van der Waals surface area (Å²) in [5.41, 5.74) is 0. The second-order valence-electron chi connectivity index (χ2n) is 4.99. The molecule has 1 fully saturated rings. The van der Waals surface area contributed by atoms with Gasteiger partial charge in [0.2, 0.25) is 0 Å². The number of hydrogen-bond donors (Lipinski definition) is 1. The summed E-state index contributed by atoms with van der Waals surface area (Å²) in [6.07, 6.45) is 5.42. The molecular formula is C13H28N2. The Balaban J connectivity index is 2.35. The molecule has 2 nitrogen and oxygen atoms in total. The lowest BCUT2D eigenvalue weighted by Gasteiger charge is -2.32. The Morgan fingerprint density at radius 1 is 1.33 bits per heavy atom. The molecule has 0 aromatic heterocycles. The summed E-state index contributed by atoms with van der Waals surface area (Å²) in [5, 5.41) is 3.51. The lowest BCUT2D eigenvalue weighted by atomic mass is 10.1. The highest BCUT2D eigenvalue weighted by atomic mass is 15.2. The fourth-order valence-electron chi connectivity index (χ4n) is 2.96. The van der Waals surface area contributed by atoms with Crippen LogP contribution in [0.2, 0.25) is 0 Å². The summed E-state index contributed by atoms with van der Waals surface area (Å²) >= 11 is 0. The molecule has 0 saturated carbocycles. The van der Waals surface area contributed by atoms with Gasteiger partial charge >= 0.3 is 0 Å². The molecule has 1 heterocycles. The van der Waals surface area contributed by atoms with Gasteiger partial charge < -0.3 is 5.32 Å². The predicted octanol–water partition coefficient (Wildman–Crippen LogP) is 2.64. The van der Waals surface area contributed by atoms with Crippen molar-refractivity contribution in [1.29, 1.82) is 0 Å². The van der Waals surface area contributed by atoms with E-state index in [2.05, 4.69) is 37.9 Å². The van der Waals surface area contributed by atoms with Gasteiger partial charge in [0.15, 0.2) is 0 Å². The number of nitrogens with one attached hydrogen (secondary N) is 1. The molecular weight excluding hydrogens is 184 g/mol. The molecule has 1 aliphatic heterocycles. The zero-order chi connectivity index (χ0) is 11.3. The maximum atomic E-state index is 3.51. The maximum Gasteiger partial charge on any atom is 0.00959 e. The molecule has 15 heavy (non-hydrogen) atoms. The summed E-state index contributed by atoms with van der Waals surface area (Å²) in [4.78, 5) is 2.72. The van der Waals surface area contributed by atoms with Gasteiger partial charge in [0.1, 0.15) is 0 Å². The Bertz CT molecular complexity index is 170. The topological polar surface area (TPSA) is 15.3 Å². The van der Waals surface area contributed by atoms with Crippen LogP contribution in [0, 0.1) is 0 Å². The van der Waals surface area contributed by atoms with E-state index in [9.17, 15) is 0 Å². The normalized spacial score (nSPS) is 26.8. The first-order valence-electron chi connectivity index (χ1n) is 6.68. The molecule has 0 aliphatic carbocycles. The number of likely N-dealkylation sites (tertiary alicyclic amines) is 1. The molecule has 1 saturated heterocycles. The van der Waals surface area contributed by atoms with E-state index in [4.69, 9.17) is 0 Å². The summed E-state index contributed by atoms with van der Waals surface area (Å²) in [5.74, 6) is 0. The summed E-state index contributed by atoms with van der Waals surface area (Å²) < 4.78 is 0. The van der Waals surface area contributed by atoms with Crippen molar-refractivity contribution in [2.75, 3.05) is 13.1 Å². The Morgan fingerprint density at radius 3 is 2.67 bits per heavy atom. The quantitative estimate of drug-likeness (QED) is 0.728. The first-order chi connectivity index (χ1) is 7.19. The van der Waals surface area contributed by atoms with Crippen molar-refractivity contribution in [3.05, 3.63) is 0 Å². The van der Waals surface area contributed by atoms with Crippen LogP contribution in [-0.2, 0) is 0 Å². The molecule has 2 heteroatoms. The third-order valence-corrected chi connectivity index (χ3v) is 3.71. The molecule has 90 valence electrons. The Morgan fingerprint density at radius 2 is 2.07 bits per heavy atom. The van der Waals surface area contributed by atoms with Crippen molar-refractivity contribution in [2.24, 2.45) is 0 Å². The van der Waals surface area contributed by atoms with Crippen molar-refractivity contribution in [3.63, 3.8) is 0 Å². The Labute approximate surface area is 95.4 Å². The Hall–Kier alpha value is -0.0800. The summed E-state index contributed by atoms with van der Waals surface area (Å²) in [7, 11) is 0. The second-order valence-corrected chi connectivity index (χ2v) is 4.99. The van der Waals surface area contributed by atoms with Crippen LogP contribution in [0.25, 0.3) is 0 Å². The molecule has 0 aromatic rings. The van der Waals surface area contributed by atoms with Crippen LogP contribution in [0.3, 0.4) is 0 Å². The van der Waals surface area contributed by atoms with Gasteiger partial charge in [0.05, 0.1) is 0 Å². The van der Waals surface area contributed by atoms with Crippen molar-refractivity contribution in [2.45, 2.75) is 71.5 Å². The van der Waals surface area contributed by atoms with Gasteiger partial charge in [0, 0.05) is 18.1 Å². The minimum atomic E-state index is 0.656. The zero-order valence-electron chi connectivity index (χ0n) is 10.9. The van der Waals surface area contributed by atoms with Gasteiger partial charge in [-0.2, -0.15) is 0 Å². The van der Waals surface area contributed by atoms with Gasteiger partial charge in [0.25, 0.3) is 0 Å². The van der Waals surface area contributed by atoms with E-state index < -0.39 is 0 Å². The molecule has 3 unspecified atom stereocenters. The van der Waals surface area contributed by atoms with Gasteiger partial charge in [-0.3, -0.25) is 4.90 Å². The molecule has 1 N–H and O–H groups in total. The lowest BCUT2D eigenvalue weighted by molar-refractivity contribution is 0.169. The van der Waals surface area contributed by atoms with Crippen LogP contribution in [0.5, 0.6) is 0 Å². The first-order valence-corrected chi connectivity index (χ1v) is 6.68. The molecule has 3 atom stereocenters. The average molecular weight is 212 g/mol. The van der Waals surface area contributed by atoms with Gasteiger partial charge in [-0.05, 0) is 52.6 Å². The fraction of sp³-hybridized carbons (Fsp3) is 1.00. The number of hydrogen-bond acceptors (Lipinski definition) is 2. The summed E-state index contributed by atoms with van der Waals surface area (Å²) in [6, 6.07) is 2.25. The third-order valence-electron chi connectivity index (χ3n) is 3.71. The molecule has 1 rings (SSSR count). The van der Waals surface area contributed by atoms with Gasteiger partial charge in [-0.15, -0.1) is 0 Å². The predicted molar refractivity (Wildman–Crippen MR) is 67.2 cm³/mol. The highest BCUT2D eigenvalue weighted by molar-refractivity contribution is 4.83. The van der Waals surface area contributed by atoms with Crippen LogP contribution >= 0.6 is 0 Å². The minimum absolute atomic E-state index is 0.656. The van der Waals surface area contributed by atoms with Crippen LogP contribution in [-0.4, -0.2) is 36.1 Å². The van der Waals surface area contributed by atoms with Crippen LogP contribution in [0.4, 0.5) is 0 Å². The van der Waals surface area contributed by atoms with Crippen LogP contribution < -0.4 is 5.32 Å². The lowest BCUT2D eigenvalue weighted by Crippen LogP contribution is -2.41. The molecule has 0 spiro atoms. The maximum absolute atomic E-state index is 3.51. The molecule has 0 bridgehead atoms. The fourth-order valence-corrected chi connectivity index (χ4v) is 2.96. The van der Waals surface area contributed by atoms with Crippen LogP contribution in [0.15, 0.2) is 0 Å². The average Bonchev–Trinajstić information content (AvgIpc) is 2.65. The van der Waals surface area contributed by atoms with Gasteiger partial charge in [-0.1, -0.05) is 13.8 Å². The zero-order valence-corrected chi connectivity index (χ0v) is 10.9. The van der Waals surface area contributed by atoms with E-state index in [0.29, 0.717) is 6.04 Å². The molecule has 1 aliphatic rings. The number of rotatable bonds is 6. The van der Waals surface area contributed by atoms with Crippen molar-refractivity contribution >= 4 is 0 Å². The monoisotopic (exact) mass is 212 g/mol. The first kappa shape index (κ1) is 13.0. The van der Waals surface area contributed by atoms with Crippen LogP contribution in [0.1, 0.15) is 53.4 Å². The highest BCUT2D eigenvalue weighted by Gasteiger charge is 2.27. The van der Waals surface area contributed by atoms with Crippen molar-refractivity contribution < 1.29 is 0 Å². The smallest absolute Gasteiger partial charge is 0.00959 e. The van der Waals surface area contributed by atoms with E-state index in [1.165, 1.54) is 32.2 Å². The molecule has 0 aromatic carbocycles. The standard InChI is InChI=1S/C13H28N2/c1-5-13-8-7-9-15(13)12(4)10-11(3)14-6-2/h11-14H,5-10H2,1-4H3. The Kier molecular flexibility index (Phi) is 5.62. The number of nitrogens with zero attached hydrogens (tertiary/aromatic N) is 1. The second kappa shape index (κ2) is 6.49. The van der Waals surface area contributed by atoms with E-state index in [1.54, 1.807) is 0 Å². The van der Waals surface area contributed by atoms with E-state index in [1.807, 2.05) is 0 Å². The van der Waals surface area contributed by atoms with E-state index in [-0.39, 0.29) is 0 Å².